The largest absolute Gasteiger partial charge is 0.481 e. The van der Waals surface area contributed by atoms with Gasteiger partial charge in [0.2, 0.25) is 0 Å². The van der Waals surface area contributed by atoms with Crippen LogP contribution in [0.25, 0.3) is 0 Å². The van der Waals surface area contributed by atoms with E-state index in [-0.39, 0.29) is 18.9 Å². The first kappa shape index (κ1) is 12.2. The number of aliphatic carboxylic acids is 1. The molecule has 0 aliphatic rings. The van der Waals surface area contributed by atoms with E-state index in [1.807, 2.05) is 23.9 Å². The molecule has 1 aromatic rings. The highest BCUT2D eigenvalue weighted by atomic mass is 16.4. The molecule has 5 heteroatoms. The van der Waals surface area contributed by atoms with Crippen molar-refractivity contribution in [2.24, 2.45) is 0 Å². The van der Waals surface area contributed by atoms with Gasteiger partial charge in [0.05, 0.1) is 12.0 Å². The smallest absolute Gasteiger partial charge is 0.305 e. The van der Waals surface area contributed by atoms with Crippen molar-refractivity contribution in [2.75, 3.05) is 6.54 Å². The van der Waals surface area contributed by atoms with Gasteiger partial charge in [0.25, 0.3) is 5.91 Å². The van der Waals surface area contributed by atoms with Gasteiger partial charge in [-0.1, -0.05) is 0 Å². The molecule has 1 rings (SSSR count). The lowest BCUT2D eigenvalue weighted by atomic mass is 10.2. The zero-order valence-corrected chi connectivity index (χ0v) is 9.14. The number of pyridine rings is 1. The second kappa shape index (κ2) is 5.85. The summed E-state index contributed by atoms with van der Waals surface area (Å²) < 4.78 is 1.94. The molecule has 1 amide bonds. The average Bonchev–Trinajstić information content (AvgIpc) is 2.28. The van der Waals surface area contributed by atoms with E-state index in [2.05, 4.69) is 5.32 Å². The molecular formula is C11H15N2O3+. The van der Waals surface area contributed by atoms with Gasteiger partial charge < -0.3 is 10.4 Å². The van der Waals surface area contributed by atoms with Crippen LogP contribution in [-0.2, 0) is 11.3 Å². The Hall–Kier alpha value is -1.91. The lowest BCUT2D eigenvalue weighted by molar-refractivity contribution is -0.693. The van der Waals surface area contributed by atoms with Gasteiger partial charge in [-0.2, -0.15) is 0 Å². The molecule has 0 bridgehead atoms. The summed E-state index contributed by atoms with van der Waals surface area (Å²) in [7, 11) is 0. The van der Waals surface area contributed by atoms with Gasteiger partial charge in [-0.15, -0.1) is 0 Å². The van der Waals surface area contributed by atoms with E-state index in [1.165, 1.54) is 0 Å². The Morgan fingerprint density at radius 2 is 2.00 bits per heavy atom. The van der Waals surface area contributed by atoms with E-state index < -0.39 is 5.97 Å². The summed E-state index contributed by atoms with van der Waals surface area (Å²) in [6.07, 6.45) is 3.56. The molecule has 16 heavy (non-hydrogen) atoms. The summed E-state index contributed by atoms with van der Waals surface area (Å²) in [5, 5.41) is 10.9. The third kappa shape index (κ3) is 3.68. The molecule has 0 atom stereocenters. The number of hydrogen-bond acceptors (Lipinski definition) is 2. The van der Waals surface area contributed by atoms with E-state index in [1.54, 1.807) is 12.1 Å². The third-order valence-electron chi connectivity index (χ3n) is 2.14. The van der Waals surface area contributed by atoms with Crippen molar-refractivity contribution in [1.29, 1.82) is 0 Å². The summed E-state index contributed by atoms with van der Waals surface area (Å²) in [5.41, 5.74) is 0.537. The Labute approximate surface area is 93.7 Å². The minimum Gasteiger partial charge on any atom is -0.481 e. The fourth-order valence-corrected chi connectivity index (χ4v) is 1.20. The zero-order chi connectivity index (χ0) is 12.0. The number of rotatable bonds is 5. The van der Waals surface area contributed by atoms with Crippen LogP contribution in [0.3, 0.4) is 0 Å². The minimum atomic E-state index is -0.919. The number of amides is 1. The van der Waals surface area contributed by atoms with Crippen molar-refractivity contribution in [2.45, 2.75) is 19.9 Å². The number of carboxylic acids is 1. The number of hydrogen-bond donors (Lipinski definition) is 2. The maximum absolute atomic E-state index is 11.5. The SMILES string of the molecule is CC[n+]1ccc(C(=O)NCCC(=O)O)cc1. The number of aromatic nitrogens is 1. The Morgan fingerprint density at radius 1 is 1.38 bits per heavy atom. The first-order valence-corrected chi connectivity index (χ1v) is 5.12. The van der Waals surface area contributed by atoms with Crippen molar-refractivity contribution in [3.63, 3.8) is 0 Å². The molecule has 0 aliphatic heterocycles. The molecule has 0 aromatic carbocycles. The van der Waals surface area contributed by atoms with Crippen molar-refractivity contribution in [3.05, 3.63) is 30.1 Å². The van der Waals surface area contributed by atoms with E-state index in [0.29, 0.717) is 5.56 Å². The van der Waals surface area contributed by atoms with Crippen LogP contribution in [0.5, 0.6) is 0 Å². The lowest BCUT2D eigenvalue weighted by Crippen LogP contribution is -2.32. The van der Waals surface area contributed by atoms with Crippen molar-refractivity contribution in [3.8, 4) is 0 Å². The maximum atomic E-state index is 11.5. The van der Waals surface area contributed by atoms with Crippen LogP contribution in [-0.4, -0.2) is 23.5 Å². The second-order valence-corrected chi connectivity index (χ2v) is 3.32. The predicted molar refractivity (Wildman–Crippen MR) is 56.9 cm³/mol. The monoisotopic (exact) mass is 223 g/mol. The van der Waals surface area contributed by atoms with Gasteiger partial charge in [0.15, 0.2) is 12.4 Å². The Balaban J connectivity index is 2.49. The molecule has 1 heterocycles. The number of carbonyl (C=O) groups excluding carboxylic acids is 1. The molecule has 0 radical (unpaired) electrons. The van der Waals surface area contributed by atoms with Crippen molar-refractivity contribution < 1.29 is 19.3 Å². The topological polar surface area (TPSA) is 70.3 Å². The van der Waals surface area contributed by atoms with Crippen LogP contribution in [0.4, 0.5) is 0 Å². The highest BCUT2D eigenvalue weighted by molar-refractivity contribution is 5.94. The molecule has 0 saturated heterocycles. The molecule has 0 spiro atoms. The summed E-state index contributed by atoms with van der Waals surface area (Å²) >= 11 is 0. The Bertz CT molecular complexity index is 373. The third-order valence-corrected chi connectivity index (χ3v) is 2.14. The summed E-state index contributed by atoms with van der Waals surface area (Å²) in [5.74, 6) is -1.17. The van der Waals surface area contributed by atoms with Crippen LogP contribution in [0, 0.1) is 0 Å². The van der Waals surface area contributed by atoms with Crippen LogP contribution in [0.15, 0.2) is 24.5 Å². The summed E-state index contributed by atoms with van der Waals surface area (Å²) in [6.45, 7) is 3.00. The molecule has 0 fully saturated rings. The van der Waals surface area contributed by atoms with E-state index in [0.717, 1.165) is 6.54 Å². The van der Waals surface area contributed by atoms with Gasteiger partial charge in [0.1, 0.15) is 6.54 Å². The number of nitrogens with zero attached hydrogens (tertiary/aromatic N) is 1. The van der Waals surface area contributed by atoms with E-state index >= 15 is 0 Å². The van der Waals surface area contributed by atoms with E-state index in [4.69, 9.17) is 5.11 Å². The normalized spacial score (nSPS) is 9.81. The van der Waals surface area contributed by atoms with Gasteiger partial charge >= 0.3 is 5.97 Å². The minimum absolute atomic E-state index is 0.0620. The summed E-state index contributed by atoms with van der Waals surface area (Å²) in [4.78, 5) is 21.8. The fraction of sp³-hybridized carbons (Fsp3) is 0.364. The zero-order valence-electron chi connectivity index (χ0n) is 9.14. The number of nitrogens with one attached hydrogen (secondary N) is 1. The van der Waals surface area contributed by atoms with Crippen LogP contribution in [0.1, 0.15) is 23.7 Å². The second-order valence-electron chi connectivity index (χ2n) is 3.32. The summed E-state index contributed by atoms with van der Waals surface area (Å²) in [6, 6.07) is 3.42. The number of carbonyl (C=O) groups is 2. The standard InChI is InChI=1S/C11H14N2O3/c1-2-13-7-4-9(5-8-13)11(16)12-6-3-10(14)15/h4-5,7-8H,2-3,6H2,1H3,(H-,12,14,15,16)/p+1. The molecule has 0 unspecified atom stereocenters. The predicted octanol–water partition coefficient (Wildman–Crippen LogP) is 0.198. The lowest BCUT2D eigenvalue weighted by Gasteiger charge is -2.02. The Morgan fingerprint density at radius 3 is 2.50 bits per heavy atom. The van der Waals surface area contributed by atoms with Crippen molar-refractivity contribution >= 4 is 11.9 Å². The number of carboxylic acid groups (broad SMARTS) is 1. The fourth-order valence-electron chi connectivity index (χ4n) is 1.20. The number of aryl methyl sites for hydroxylation is 1. The van der Waals surface area contributed by atoms with Gasteiger partial charge in [-0.05, 0) is 6.92 Å². The van der Waals surface area contributed by atoms with Gasteiger partial charge in [-0.3, -0.25) is 9.59 Å². The van der Waals surface area contributed by atoms with Crippen LogP contribution >= 0.6 is 0 Å². The highest BCUT2D eigenvalue weighted by Crippen LogP contribution is 1.94. The maximum Gasteiger partial charge on any atom is 0.305 e. The van der Waals surface area contributed by atoms with E-state index in [9.17, 15) is 9.59 Å². The molecule has 86 valence electrons. The molecular weight excluding hydrogens is 208 g/mol. The first-order chi connectivity index (χ1) is 7.63. The average molecular weight is 223 g/mol. The molecule has 5 nitrogen and oxygen atoms in total. The highest BCUT2D eigenvalue weighted by Gasteiger charge is 2.07. The molecule has 0 saturated carbocycles. The molecule has 1 aromatic heterocycles. The quantitative estimate of drug-likeness (QED) is 0.700. The van der Waals surface area contributed by atoms with Crippen molar-refractivity contribution in [1.82, 2.24) is 5.32 Å². The van der Waals surface area contributed by atoms with Gasteiger partial charge in [-0.25, -0.2) is 4.57 Å². The first-order valence-electron chi connectivity index (χ1n) is 5.12. The van der Waals surface area contributed by atoms with Gasteiger partial charge in [0, 0.05) is 18.7 Å². The Kier molecular flexibility index (Phi) is 4.44. The molecule has 2 N–H and O–H groups in total. The van der Waals surface area contributed by atoms with Crippen LogP contribution < -0.4 is 9.88 Å². The van der Waals surface area contributed by atoms with Crippen LogP contribution in [0.2, 0.25) is 0 Å². The molecule has 0 aliphatic carbocycles.